The number of rotatable bonds is 3. The largest absolute Gasteiger partial charge is 0.457 e. The van der Waals surface area contributed by atoms with Crippen LogP contribution in [0.15, 0.2) is 60.7 Å². The molecule has 0 amide bonds. The molecule has 112 valence electrons. The number of hydrogen-bond acceptors (Lipinski definition) is 3. The third-order valence-electron chi connectivity index (χ3n) is 4.14. The number of para-hydroxylation sites is 1. The molecule has 1 N–H and O–H groups in total. The molecule has 2 bridgehead atoms. The van der Waals surface area contributed by atoms with Crippen molar-refractivity contribution >= 4 is 5.57 Å². The second-order valence-corrected chi connectivity index (χ2v) is 5.84. The maximum atomic E-state index is 5.84. The summed E-state index contributed by atoms with van der Waals surface area (Å²) in [6, 6.07) is 19.0. The van der Waals surface area contributed by atoms with Gasteiger partial charge >= 0.3 is 0 Å². The molecular weight excluding hydrogens is 274 g/mol. The normalized spacial score (nSPS) is 23.7. The van der Waals surface area contributed by atoms with Gasteiger partial charge in [-0.05, 0) is 41.8 Å². The molecule has 2 aliphatic rings. The van der Waals surface area contributed by atoms with Gasteiger partial charge in [0.1, 0.15) is 11.5 Å². The summed E-state index contributed by atoms with van der Waals surface area (Å²) in [6.45, 7) is 1.58. The van der Waals surface area contributed by atoms with Crippen LogP contribution in [0.2, 0.25) is 0 Å². The molecule has 0 aromatic heterocycles. The monoisotopic (exact) mass is 293 g/mol. The van der Waals surface area contributed by atoms with E-state index in [1.807, 2.05) is 42.5 Å². The Morgan fingerprint density at radius 3 is 2.45 bits per heavy atom. The van der Waals surface area contributed by atoms with Crippen molar-refractivity contribution in [3.8, 4) is 11.5 Å². The van der Waals surface area contributed by atoms with Crippen LogP contribution in [0.1, 0.15) is 12.0 Å². The number of nitrogens with one attached hydrogen (secondary N) is 1. The lowest BCUT2D eigenvalue weighted by atomic mass is 9.92. The van der Waals surface area contributed by atoms with Crippen molar-refractivity contribution in [3.05, 3.63) is 66.2 Å². The van der Waals surface area contributed by atoms with E-state index in [-0.39, 0.29) is 0 Å². The molecule has 22 heavy (non-hydrogen) atoms. The van der Waals surface area contributed by atoms with Gasteiger partial charge in [-0.1, -0.05) is 36.4 Å². The van der Waals surface area contributed by atoms with Crippen molar-refractivity contribution in [2.45, 2.75) is 18.5 Å². The fraction of sp³-hybridized carbons (Fsp3) is 0.263. The topological polar surface area (TPSA) is 30.5 Å². The summed E-state index contributed by atoms with van der Waals surface area (Å²) in [5.74, 6) is 1.73. The molecule has 3 nitrogen and oxygen atoms in total. The Hall–Kier alpha value is -2.10. The SMILES string of the molecule is C1=C(c2ccc(Oc3ccccc3)cc2)CC2COCC1N2. The molecule has 1 fully saturated rings. The predicted molar refractivity (Wildman–Crippen MR) is 87.1 cm³/mol. The van der Waals surface area contributed by atoms with Crippen LogP contribution < -0.4 is 10.1 Å². The van der Waals surface area contributed by atoms with Gasteiger partial charge in [0.15, 0.2) is 0 Å². The predicted octanol–water partition coefficient (Wildman–Crippen LogP) is 3.62. The summed E-state index contributed by atoms with van der Waals surface area (Å²) in [5.41, 5.74) is 2.68. The second-order valence-electron chi connectivity index (χ2n) is 5.84. The summed E-state index contributed by atoms with van der Waals surface area (Å²) < 4.78 is 11.4. The first-order valence-corrected chi connectivity index (χ1v) is 7.75. The van der Waals surface area contributed by atoms with E-state index < -0.39 is 0 Å². The Balaban J connectivity index is 1.51. The second kappa shape index (κ2) is 5.95. The summed E-state index contributed by atoms with van der Waals surface area (Å²) in [5, 5.41) is 3.57. The molecule has 2 aromatic rings. The highest BCUT2D eigenvalue weighted by atomic mass is 16.5. The number of morpholine rings is 1. The number of benzene rings is 2. The highest BCUT2D eigenvalue weighted by Gasteiger charge is 2.26. The molecule has 0 saturated carbocycles. The van der Waals surface area contributed by atoms with E-state index in [9.17, 15) is 0 Å². The van der Waals surface area contributed by atoms with E-state index in [1.165, 1.54) is 11.1 Å². The van der Waals surface area contributed by atoms with Gasteiger partial charge in [0, 0.05) is 12.1 Å². The fourth-order valence-corrected chi connectivity index (χ4v) is 3.10. The van der Waals surface area contributed by atoms with Crippen LogP contribution in [0.3, 0.4) is 0 Å². The van der Waals surface area contributed by atoms with Crippen molar-refractivity contribution in [3.63, 3.8) is 0 Å². The van der Waals surface area contributed by atoms with E-state index in [1.54, 1.807) is 0 Å². The highest BCUT2D eigenvalue weighted by molar-refractivity contribution is 5.68. The first-order chi connectivity index (χ1) is 10.9. The van der Waals surface area contributed by atoms with Crippen molar-refractivity contribution in [2.24, 2.45) is 0 Å². The Labute approximate surface area is 130 Å². The van der Waals surface area contributed by atoms with Crippen molar-refractivity contribution in [1.82, 2.24) is 5.32 Å². The Morgan fingerprint density at radius 1 is 0.909 bits per heavy atom. The quantitative estimate of drug-likeness (QED) is 0.937. The average Bonchev–Trinajstić information content (AvgIpc) is 2.56. The molecule has 4 rings (SSSR count). The molecule has 2 aliphatic heterocycles. The minimum absolute atomic E-state index is 0.350. The molecule has 0 spiro atoms. The van der Waals surface area contributed by atoms with E-state index >= 15 is 0 Å². The fourth-order valence-electron chi connectivity index (χ4n) is 3.10. The lowest BCUT2D eigenvalue weighted by Crippen LogP contribution is -2.50. The van der Waals surface area contributed by atoms with E-state index in [4.69, 9.17) is 9.47 Å². The standard InChI is InChI=1S/C19H19NO2/c1-2-4-18(5-3-1)22-19-8-6-14(7-9-19)15-10-16-12-21-13-17(11-15)20-16/h1-10,16-17,20H,11-13H2. The van der Waals surface area contributed by atoms with Gasteiger partial charge in [0.05, 0.1) is 13.2 Å². The van der Waals surface area contributed by atoms with Crippen molar-refractivity contribution in [2.75, 3.05) is 13.2 Å². The molecule has 2 atom stereocenters. The summed E-state index contributed by atoms with van der Waals surface area (Å²) >= 11 is 0. The maximum absolute atomic E-state index is 5.84. The van der Waals surface area contributed by atoms with Gasteiger partial charge in [-0.2, -0.15) is 0 Å². The average molecular weight is 293 g/mol. The number of ether oxygens (including phenoxy) is 2. The molecule has 0 radical (unpaired) electrons. The lowest BCUT2D eigenvalue weighted by Gasteiger charge is -2.35. The van der Waals surface area contributed by atoms with Crippen LogP contribution in [0, 0.1) is 0 Å². The molecule has 2 unspecified atom stereocenters. The third kappa shape index (κ3) is 2.91. The van der Waals surface area contributed by atoms with Crippen LogP contribution in [-0.4, -0.2) is 25.3 Å². The third-order valence-corrected chi connectivity index (χ3v) is 4.14. The summed E-state index contributed by atoms with van der Waals surface area (Å²) in [7, 11) is 0. The number of fused-ring (bicyclic) bond motifs is 2. The van der Waals surface area contributed by atoms with Crippen molar-refractivity contribution in [1.29, 1.82) is 0 Å². The van der Waals surface area contributed by atoms with Gasteiger partial charge < -0.3 is 14.8 Å². The Bertz CT molecular complexity index is 664. The smallest absolute Gasteiger partial charge is 0.127 e. The molecule has 1 saturated heterocycles. The van der Waals surface area contributed by atoms with Gasteiger partial charge in [-0.3, -0.25) is 0 Å². The zero-order valence-electron chi connectivity index (χ0n) is 12.4. The molecular formula is C19H19NO2. The van der Waals surface area contributed by atoms with Crippen LogP contribution in [0.4, 0.5) is 0 Å². The van der Waals surface area contributed by atoms with Gasteiger partial charge in [-0.15, -0.1) is 0 Å². The minimum atomic E-state index is 0.350. The minimum Gasteiger partial charge on any atom is -0.457 e. The van der Waals surface area contributed by atoms with Crippen LogP contribution in [0.25, 0.3) is 5.57 Å². The zero-order chi connectivity index (χ0) is 14.8. The van der Waals surface area contributed by atoms with E-state index in [2.05, 4.69) is 23.5 Å². The van der Waals surface area contributed by atoms with E-state index in [0.29, 0.717) is 12.1 Å². The Kier molecular flexibility index (Phi) is 3.67. The zero-order valence-corrected chi connectivity index (χ0v) is 12.4. The summed E-state index contributed by atoms with van der Waals surface area (Å²) in [6.07, 6.45) is 3.32. The molecule has 2 heterocycles. The van der Waals surface area contributed by atoms with E-state index in [0.717, 1.165) is 31.1 Å². The first kappa shape index (κ1) is 13.6. The van der Waals surface area contributed by atoms with Crippen LogP contribution in [-0.2, 0) is 4.74 Å². The molecule has 0 aliphatic carbocycles. The van der Waals surface area contributed by atoms with Gasteiger partial charge in [-0.25, -0.2) is 0 Å². The van der Waals surface area contributed by atoms with Gasteiger partial charge in [0.2, 0.25) is 0 Å². The van der Waals surface area contributed by atoms with Crippen molar-refractivity contribution < 1.29 is 9.47 Å². The van der Waals surface area contributed by atoms with Crippen LogP contribution in [0.5, 0.6) is 11.5 Å². The maximum Gasteiger partial charge on any atom is 0.127 e. The van der Waals surface area contributed by atoms with Crippen LogP contribution >= 0.6 is 0 Å². The number of hydrogen-bond donors (Lipinski definition) is 1. The van der Waals surface area contributed by atoms with Gasteiger partial charge in [0.25, 0.3) is 0 Å². The first-order valence-electron chi connectivity index (χ1n) is 7.75. The Morgan fingerprint density at radius 2 is 1.68 bits per heavy atom. The summed E-state index contributed by atoms with van der Waals surface area (Å²) in [4.78, 5) is 0. The highest BCUT2D eigenvalue weighted by Crippen LogP contribution is 2.29. The molecule has 2 aromatic carbocycles. The lowest BCUT2D eigenvalue weighted by molar-refractivity contribution is 0.0561. The molecule has 3 heteroatoms.